The molecule has 1 fully saturated rings. The van der Waals surface area contributed by atoms with Gasteiger partial charge < -0.3 is 4.90 Å². The number of nitrogens with zero attached hydrogens (tertiary/aromatic N) is 2. The van der Waals surface area contributed by atoms with Crippen molar-refractivity contribution in [3.05, 3.63) is 23.4 Å². The Hall–Kier alpha value is -0.760. The van der Waals surface area contributed by atoms with Crippen LogP contribution in [0.25, 0.3) is 0 Å². The molecule has 3 heteroatoms. The van der Waals surface area contributed by atoms with E-state index in [-0.39, 0.29) is 5.41 Å². The summed E-state index contributed by atoms with van der Waals surface area (Å²) in [5.41, 5.74) is 2.39. The van der Waals surface area contributed by atoms with Gasteiger partial charge in [-0.15, -0.1) is 11.6 Å². The Morgan fingerprint density at radius 1 is 1.25 bits per heavy atom. The van der Waals surface area contributed by atoms with Gasteiger partial charge in [-0.1, -0.05) is 27.7 Å². The summed E-state index contributed by atoms with van der Waals surface area (Å²) < 4.78 is 0. The molecule has 1 aromatic heterocycles. The van der Waals surface area contributed by atoms with Crippen LogP contribution < -0.4 is 4.90 Å². The van der Waals surface area contributed by atoms with Crippen molar-refractivity contribution < 1.29 is 0 Å². The van der Waals surface area contributed by atoms with Crippen LogP contribution in [0.5, 0.6) is 0 Å². The minimum Gasteiger partial charge on any atom is -0.357 e. The summed E-state index contributed by atoms with van der Waals surface area (Å²) in [6, 6.07) is 4.31. The largest absolute Gasteiger partial charge is 0.357 e. The molecule has 0 aliphatic carbocycles. The molecular formula is C17H27ClN2. The van der Waals surface area contributed by atoms with Crippen molar-refractivity contribution in [1.82, 2.24) is 4.98 Å². The highest BCUT2D eigenvalue weighted by Crippen LogP contribution is 2.27. The molecule has 0 aromatic carbocycles. The predicted octanol–water partition coefficient (Wildman–Crippen LogP) is 4.74. The summed E-state index contributed by atoms with van der Waals surface area (Å²) in [6.45, 7) is 11.2. The first kappa shape index (κ1) is 15.6. The lowest BCUT2D eigenvalue weighted by atomic mass is 9.91. The van der Waals surface area contributed by atoms with Gasteiger partial charge in [0, 0.05) is 30.1 Å². The van der Waals surface area contributed by atoms with E-state index in [9.17, 15) is 0 Å². The Bertz CT molecular complexity index is 451. The number of pyridine rings is 1. The molecular weight excluding hydrogens is 268 g/mol. The first-order valence-electron chi connectivity index (χ1n) is 7.72. The molecule has 2 nitrogen and oxygen atoms in total. The number of rotatable bonds is 2. The number of anilines is 1. The van der Waals surface area contributed by atoms with Crippen molar-refractivity contribution in [1.29, 1.82) is 0 Å². The molecule has 2 heterocycles. The highest BCUT2D eigenvalue weighted by molar-refractivity contribution is 6.17. The molecule has 1 aliphatic heterocycles. The van der Waals surface area contributed by atoms with Crippen LogP contribution in [0, 0.1) is 5.92 Å². The Morgan fingerprint density at radius 2 is 2.00 bits per heavy atom. The van der Waals surface area contributed by atoms with Gasteiger partial charge in [0.1, 0.15) is 5.82 Å². The Kier molecular flexibility index (Phi) is 4.95. The number of hydrogen-bond acceptors (Lipinski definition) is 2. The van der Waals surface area contributed by atoms with Gasteiger partial charge in [-0.05, 0) is 42.9 Å². The van der Waals surface area contributed by atoms with Gasteiger partial charge in [-0.3, -0.25) is 0 Å². The number of aromatic nitrogens is 1. The van der Waals surface area contributed by atoms with Gasteiger partial charge in [-0.2, -0.15) is 0 Å². The lowest BCUT2D eigenvalue weighted by Crippen LogP contribution is -2.26. The molecule has 0 spiro atoms. The molecule has 2 rings (SSSR count). The van der Waals surface area contributed by atoms with Crippen molar-refractivity contribution in [3.8, 4) is 0 Å². The third kappa shape index (κ3) is 3.88. The topological polar surface area (TPSA) is 16.1 Å². The van der Waals surface area contributed by atoms with Gasteiger partial charge in [0.05, 0.1) is 0 Å². The molecule has 1 aromatic rings. The van der Waals surface area contributed by atoms with Crippen LogP contribution in [0.15, 0.2) is 12.1 Å². The summed E-state index contributed by atoms with van der Waals surface area (Å²) in [5, 5.41) is 0. The van der Waals surface area contributed by atoms with Gasteiger partial charge in [0.2, 0.25) is 0 Å². The van der Waals surface area contributed by atoms with Crippen molar-refractivity contribution >= 4 is 17.4 Å². The van der Waals surface area contributed by atoms with Crippen molar-refractivity contribution in [2.24, 2.45) is 5.92 Å². The van der Waals surface area contributed by atoms with Gasteiger partial charge in [0.15, 0.2) is 0 Å². The average Bonchev–Trinajstić information content (AvgIpc) is 2.62. The SMILES string of the molecule is CC1CCCN(c2cc(CCl)cc(C(C)(C)C)n2)CC1. The summed E-state index contributed by atoms with van der Waals surface area (Å²) in [5.74, 6) is 2.50. The Morgan fingerprint density at radius 3 is 2.65 bits per heavy atom. The van der Waals surface area contributed by atoms with Crippen molar-refractivity contribution in [3.63, 3.8) is 0 Å². The lowest BCUT2D eigenvalue weighted by Gasteiger charge is -2.26. The highest BCUT2D eigenvalue weighted by Gasteiger charge is 2.20. The molecule has 112 valence electrons. The van der Waals surface area contributed by atoms with Gasteiger partial charge >= 0.3 is 0 Å². The maximum Gasteiger partial charge on any atom is 0.129 e. The minimum atomic E-state index is 0.0654. The Balaban J connectivity index is 2.30. The van der Waals surface area contributed by atoms with E-state index in [2.05, 4.69) is 44.7 Å². The summed E-state index contributed by atoms with van der Waals surface area (Å²) >= 11 is 6.07. The number of hydrogen-bond donors (Lipinski definition) is 0. The Labute approximate surface area is 128 Å². The van der Waals surface area contributed by atoms with E-state index in [1.54, 1.807) is 0 Å². The molecule has 0 amide bonds. The molecule has 0 bridgehead atoms. The van der Waals surface area contributed by atoms with Crippen LogP contribution in [0.2, 0.25) is 0 Å². The zero-order chi connectivity index (χ0) is 14.8. The maximum absolute atomic E-state index is 6.07. The molecule has 1 atom stereocenters. The van der Waals surface area contributed by atoms with Crippen LogP contribution in [0.1, 0.15) is 58.2 Å². The molecule has 1 aliphatic rings. The van der Waals surface area contributed by atoms with Crippen LogP contribution in [0.4, 0.5) is 5.82 Å². The number of alkyl halides is 1. The molecule has 1 unspecified atom stereocenters. The molecule has 0 saturated carbocycles. The first-order valence-corrected chi connectivity index (χ1v) is 8.26. The molecule has 0 radical (unpaired) electrons. The minimum absolute atomic E-state index is 0.0654. The van der Waals surface area contributed by atoms with Crippen LogP contribution in [-0.4, -0.2) is 18.1 Å². The van der Waals surface area contributed by atoms with Crippen LogP contribution in [-0.2, 0) is 11.3 Å². The second-order valence-electron chi connectivity index (χ2n) is 7.13. The third-order valence-electron chi connectivity index (χ3n) is 4.14. The fraction of sp³-hybridized carbons (Fsp3) is 0.706. The van der Waals surface area contributed by atoms with Crippen LogP contribution >= 0.6 is 11.6 Å². The van der Waals surface area contributed by atoms with E-state index < -0.39 is 0 Å². The first-order chi connectivity index (χ1) is 9.40. The van der Waals surface area contributed by atoms with Crippen LogP contribution in [0.3, 0.4) is 0 Å². The van der Waals surface area contributed by atoms with E-state index in [0.717, 1.165) is 30.5 Å². The van der Waals surface area contributed by atoms with Gasteiger partial charge in [0.25, 0.3) is 0 Å². The summed E-state index contributed by atoms with van der Waals surface area (Å²) in [4.78, 5) is 7.35. The zero-order valence-electron chi connectivity index (χ0n) is 13.2. The average molecular weight is 295 g/mol. The van der Waals surface area contributed by atoms with E-state index in [1.807, 2.05) is 0 Å². The van der Waals surface area contributed by atoms with E-state index >= 15 is 0 Å². The quantitative estimate of drug-likeness (QED) is 0.732. The van der Waals surface area contributed by atoms with Gasteiger partial charge in [-0.25, -0.2) is 4.98 Å². The fourth-order valence-electron chi connectivity index (χ4n) is 2.69. The molecule has 1 saturated heterocycles. The summed E-state index contributed by atoms with van der Waals surface area (Å²) in [6.07, 6.45) is 3.86. The zero-order valence-corrected chi connectivity index (χ0v) is 14.0. The normalized spacial score (nSPS) is 20.9. The summed E-state index contributed by atoms with van der Waals surface area (Å²) in [7, 11) is 0. The van der Waals surface area contributed by atoms with Crippen molar-refractivity contribution in [2.75, 3.05) is 18.0 Å². The maximum atomic E-state index is 6.07. The van der Waals surface area contributed by atoms with E-state index in [1.165, 1.54) is 24.8 Å². The standard InChI is InChI=1S/C17H27ClN2/c1-13-6-5-8-20(9-7-13)16-11-14(12-18)10-15(19-16)17(2,3)4/h10-11,13H,5-9,12H2,1-4H3. The number of halogens is 1. The second-order valence-corrected chi connectivity index (χ2v) is 7.39. The van der Waals surface area contributed by atoms with E-state index in [0.29, 0.717) is 5.88 Å². The molecule has 20 heavy (non-hydrogen) atoms. The fourth-order valence-corrected chi connectivity index (χ4v) is 2.84. The highest BCUT2D eigenvalue weighted by atomic mass is 35.5. The lowest BCUT2D eigenvalue weighted by molar-refractivity contribution is 0.520. The second kappa shape index (κ2) is 6.34. The monoisotopic (exact) mass is 294 g/mol. The molecule has 0 N–H and O–H groups in total. The predicted molar refractivity (Wildman–Crippen MR) is 87.7 cm³/mol. The van der Waals surface area contributed by atoms with Crippen molar-refractivity contribution in [2.45, 2.75) is 58.3 Å². The third-order valence-corrected chi connectivity index (χ3v) is 4.44. The smallest absolute Gasteiger partial charge is 0.129 e. The van der Waals surface area contributed by atoms with E-state index in [4.69, 9.17) is 16.6 Å².